The lowest BCUT2D eigenvalue weighted by molar-refractivity contribution is -0.125. The van der Waals surface area contributed by atoms with Gasteiger partial charge in [0.05, 0.1) is 18.3 Å². The average molecular weight is 350 g/mol. The van der Waals surface area contributed by atoms with Gasteiger partial charge in [-0.05, 0) is 31.0 Å². The van der Waals surface area contributed by atoms with Crippen LogP contribution in [0.25, 0.3) is 0 Å². The highest BCUT2D eigenvalue weighted by molar-refractivity contribution is 5.97. The van der Waals surface area contributed by atoms with Gasteiger partial charge in [0, 0.05) is 24.8 Å². The predicted octanol–water partition coefficient (Wildman–Crippen LogP) is 0.597. The van der Waals surface area contributed by atoms with E-state index in [1.54, 1.807) is 6.07 Å². The number of ether oxygens (including phenoxy) is 1. The maximum Gasteiger partial charge on any atom is 0.253 e. The van der Waals surface area contributed by atoms with Gasteiger partial charge in [-0.1, -0.05) is 6.42 Å². The molecule has 0 bridgehead atoms. The zero-order chi connectivity index (χ0) is 17.8. The summed E-state index contributed by atoms with van der Waals surface area (Å²) in [5, 5.41) is 5.89. The maximum atomic E-state index is 14.4. The minimum absolute atomic E-state index is 0.0526. The third-order valence-corrected chi connectivity index (χ3v) is 4.59. The van der Waals surface area contributed by atoms with Crippen LogP contribution in [0.4, 0.5) is 15.8 Å². The molecule has 1 aromatic carbocycles. The van der Waals surface area contributed by atoms with Crippen molar-refractivity contribution in [1.29, 1.82) is 0 Å². The summed E-state index contributed by atoms with van der Waals surface area (Å²) < 4.78 is 19.4. The molecule has 1 aromatic rings. The van der Waals surface area contributed by atoms with Crippen molar-refractivity contribution < 1.29 is 18.7 Å². The predicted molar refractivity (Wildman–Crippen MR) is 91.8 cm³/mol. The fourth-order valence-corrected chi connectivity index (χ4v) is 2.92. The Morgan fingerprint density at radius 3 is 2.84 bits per heavy atom. The second kappa shape index (κ2) is 7.90. The van der Waals surface area contributed by atoms with Gasteiger partial charge in [-0.15, -0.1) is 0 Å². The zero-order valence-electron chi connectivity index (χ0n) is 14.0. The largest absolute Gasteiger partial charge is 0.370 e. The number of amides is 2. The molecule has 2 aliphatic rings. The molecule has 0 unspecified atom stereocenters. The van der Waals surface area contributed by atoms with Gasteiger partial charge in [0.1, 0.15) is 12.4 Å². The second-order valence-corrected chi connectivity index (χ2v) is 6.34. The van der Waals surface area contributed by atoms with Crippen LogP contribution in [0.1, 0.15) is 19.3 Å². The number of nitrogens with two attached hydrogens (primary N) is 1. The fourth-order valence-electron chi connectivity index (χ4n) is 2.92. The Bertz CT molecular complexity index is 651. The van der Waals surface area contributed by atoms with E-state index in [-0.39, 0.29) is 30.7 Å². The first-order valence-electron chi connectivity index (χ1n) is 8.53. The molecular formula is C17H23FN4O3. The van der Waals surface area contributed by atoms with E-state index in [9.17, 15) is 14.0 Å². The van der Waals surface area contributed by atoms with Crippen molar-refractivity contribution in [3.63, 3.8) is 0 Å². The zero-order valence-corrected chi connectivity index (χ0v) is 14.0. The molecule has 1 aliphatic heterocycles. The van der Waals surface area contributed by atoms with Gasteiger partial charge in [-0.3, -0.25) is 9.59 Å². The fraction of sp³-hybridized carbons (Fsp3) is 0.529. The van der Waals surface area contributed by atoms with Crippen LogP contribution in [0.5, 0.6) is 0 Å². The lowest BCUT2D eigenvalue weighted by atomic mass is 9.92. The monoisotopic (exact) mass is 350 g/mol. The Morgan fingerprint density at radius 2 is 2.24 bits per heavy atom. The van der Waals surface area contributed by atoms with Gasteiger partial charge in [0.15, 0.2) is 0 Å². The highest BCUT2D eigenvalue weighted by Crippen LogP contribution is 2.24. The number of nitrogens with one attached hydrogen (secondary N) is 2. The smallest absolute Gasteiger partial charge is 0.253 e. The van der Waals surface area contributed by atoms with Crippen LogP contribution in [0, 0.1) is 5.82 Å². The van der Waals surface area contributed by atoms with Crippen LogP contribution in [-0.2, 0) is 14.3 Å². The summed E-state index contributed by atoms with van der Waals surface area (Å²) in [6, 6.07) is 4.10. The molecule has 0 radical (unpaired) electrons. The summed E-state index contributed by atoms with van der Waals surface area (Å²) in [5.74, 6) is -1.14. The molecule has 2 amide bonds. The number of carbonyl (C=O) groups is 2. The molecule has 1 aliphatic carbocycles. The molecule has 1 saturated heterocycles. The van der Waals surface area contributed by atoms with Crippen LogP contribution in [0.2, 0.25) is 0 Å². The van der Waals surface area contributed by atoms with E-state index >= 15 is 0 Å². The summed E-state index contributed by atoms with van der Waals surface area (Å²) in [5.41, 5.74) is 6.19. The van der Waals surface area contributed by atoms with Crippen molar-refractivity contribution in [1.82, 2.24) is 5.32 Å². The molecular weight excluding hydrogens is 327 g/mol. The third-order valence-electron chi connectivity index (χ3n) is 4.59. The van der Waals surface area contributed by atoms with Crippen molar-refractivity contribution >= 4 is 23.2 Å². The lowest BCUT2D eigenvalue weighted by Crippen LogP contribution is -2.52. The number of rotatable bonds is 6. The first kappa shape index (κ1) is 17.8. The van der Waals surface area contributed by atoms with E-state index in [2.05, 4.69) is 10.6 Å². The summed E-state index contributed by atoms with van der Waals surface area (Å²) >= 11 is 0. The normalized spacial score (nSPS) is 19.4. The van der Waals surface area contributed by atoms with Crippen molar-refractivity contribution in [2.75, 3.05) is 36.5 Å². The second-order valence-electron chi connectivity index (χ2n) is 6.34. The molecule has 1 saturated carbocycles. The summed E-state index contributed by atoms with van der Waals surface area (Å²) in [4.78, 5) is 25.5. The van der Waals surface area contributed by atoms with E-state index in [0.717, 1.165) is 19.3 Å². The number of halogens is 1. The molecule has 3 rings (SSSR count). The maximum absolute atomic E-state index is 14.4. The quantitative estimate of drug-likeness (QED) is 0.698. The Balaban J connectivity index is 1.65. The van der Waals surface area contributed by atoms with Gasteiger partial charge in [-0.2, -0.15) is 0 Å². The molecule has 4 N–H and O–H groups in total. The number of hydrogen-bond donors (Lipinski definition) is 3. The Labute approximate surface area is 145 Å². The number of carbonyl (C=O) groups excluding carboxylic acids is 2. The highest BCUT2D eigenvalue weighted by Gasteiger charge is 2.26. The first-order valence-corrected chi connectivity index (χ1v) is 8.53. The SMILES string of the molecule is NC[C@H](NC1CCC1)C(=O)Nc1ccc(N2CCOCC2=O)c(F)c1. The van der Waals surface area contributed by atoms with Crippen molar-refractivity contribution in [2.45, 2.75) is 31.3 Å². The lowest BCUT2D eigenvalue weighted by Gasteiger charge is -2.30. The molecule has 1 atom stereocenters. The number of benzene rings is 1. The third kappa shape index (κ3) is 4.15. The van der Waals surface area contributed by atoms with E-state index in [0.29, 0.717) is 24.9 Å². The number of morpholine rings is 1. The molecule has 25 heavy (non-hydrogen) atoms. The van der Waals surface area contributed by atoms with Gasteiger partial charge in [0.2, 0.25) is 5.91 Å². The van der Waals surface area contributed by atoms with Crippen LogP contribution < -0.4 is 21.3 Å². The van der Waals surface area contributed by atoms with E-state index in [1.807, 2.05) is 0 Å². The topological polar surface area (TPSA) is 96.7 Å². The number of hydrogen-bond acceptors (Lipinski definition) is 5. The molecule has 0 aromatic heterocycles. The summed E-state index contributed by atoms with van der Waals surface area (Å²) in [7, 11) is 0. The standard InChI is InChI=1S/C17H23FN4O3/c18-13-8-12(4-5-15(13)22-6-7-25-10-16(22)23)21-17(24)14(9-19)20-11-2-1-3-11/h4-5,8,11,14,20H,1-3,6-7,9-10,19H2,(H,21,24)/t14-/m0/s1. The van der Waals surface area contributed by atoms with Crippen LogP contribution in [0.3, 0.4) is 0 Å². The molecule has 7 nitrogen and oxygen atoms in total. The van der Waals surface area contributed by atoms with Gasteiger partial charge >= 0.3 is 0 Å². The minimum atomic E-state index is -0.565. The van der Waals surface area contributed by atoms with Gasteiger partial charge < -0.3 is 26.0 Å². The summed E-state index contributed by atoms with van der Waals surface area (Å²) in [6.45, 7) is 0.796. The Kier molecular flexibility index (Phi) is 5.62. The van der Waals surface area contributed by atoms with Crippen LogP contribution >= 0.6 is 0 Å². The average Bonchev–Trinajstić information content (AvgIpc) is 2.55. The molecule has 2 fully saturated rings. The molecule has 8 heteroatoms. The van der Waals surface area contributed by atoms with Crippen molar-refractivity contribution in [3.8, 4) is 0 Å². The Hall–Kier alpha value is -2.03. The Morgan fingerprint density at radius 1 is 1.44 bits per heavy atom. The van der Waals surface area contributed by atoms with Crippen LogP contribution in [-0.4, -0.2) is 50.2 Å². The number of anilines is 2. The van der Waals surface area contributed by atoms with Crippen molar-refractivity contribution in [3.05, 3.63) is 24.0 Å². The van der Waals surface area contributed by atoms with E-state index in [1.165, 1.54) is 17.0 Å². The van der Waals surface area contributed by atoms with Crippen LogP contribution in [0.15, 0.2) is 18.2 Å². The highest BCUT2D eigenvalue weighted by atomic mass is 19.1. The van der Waals surface area contributed by atoms with Crippen molar-refractivity contribution in [2.24, 2.45) is 5.73 Å². The first-order chi connectivity index (χ1) is 12.1. The molecule has 1 heterocycles. The van der Waals surface area contributed by atoms with Gasteiger partial charge in [-0.25, -0.2) is 4.39 Å². The van der Waals surface area contributed by atoms with E-state index in [4.69, 9.17) is 10.5 Å². The minimum Gasteiger partial charge on any atom is -0.370 e. The molecule has 136 valence electrons. The van der Waals surface area contributed by atoms with E-state index < -0.39 is 11.9 Å². The summed E-state index contributed by atoms with van der Waals surface area (Å²) in [6.07, 6.45) is 3.24. The van der Waals surface area contributed by atoms with Gasteiger partial charge in [0.25, 0.3) is 5.91 Å². The molecule has 0 spiro atoms. The number of nitrogens with zero attached hydrogens (tertiary/aromatic N) is 1.